The summed E-state index contributed by atoms with van der Waals surface area (Å²) >= 11 is 1.58. The van der Waals surface area contributed by atoms with Crippen molar-refractivity contribution in [2.75, 3.05) is 13.1 Å². The number of carboxylic acids is 1. The zero-order chi connectivity index (χ0) is 19.8. The number of nitrogens with zero attached hydrogens (tertiary/aromatic N) is 1. The zero-order valence-corrected chi connectivity index (χ0v) is 16.0. The van der Waals surface area contributed by atoms with Gasteiger partial charge >= 0.3 is 5.97 Å². The lowest BCUT2D eigenvalue weighted by molar-refractivity contribution is -0.141. The minimum atomic E-state index is -1.11. The molecule has 0 radical (unpaired) electrons. The predicted octanol–water partition coefficient (Wildman–Crippen LogP) is 2.38. The molecule has 1 aromatic heterocycles. The lowest BCUT2D eigenvalue weighted by Crippen LogP contribution is -2.46. The number of nitrogens with one attached hydrogen (secondary N) is 1. The minimum Gasteiger partial charge on any atom is -0.488 e. The number of thiophene rings is 1. The third kappa shape index (κ3) is 6.10. The molecule has 2 rings (SSSR count). The molecule has 8 heteroatoms. The van der Waals surface area contributed by atoms with Crippen molar-refractivity contribution in [3.05, 3.63) is 52.2 Å². The second-order valence-electron chi connectivity index (χ2n) is 5.89. The van der Waals surface area contributed by atoms with Crippen LogP contribution in [0.5, 0.6) is 5.75 Å². The van der Waals surface area contributed by atoms with Gasteiger partial charge in [0.2, 0.25) is 5.91 Å². The molecule has 0 fully saturated rings. The summed E-state index contributed by atoms with van der Waals surface area (Å²) in [5.41, 5.74) is 0.328. The van der Waals surface area contributed by atoms with Crippen LogP contribution in [0.2, 0.25) is 0 Å². The first-order chi connectivity index (χ1) is 12.9. The molecule has 1 heterocycles. The summed E-state index contributed by atoms with van der Waals surface area (Å²) in [4.78, 5) is 37.5. The van der Waals surface area contributed by atoms with E-state index in [2.05, 4.69) is 5.32 Å². The molecule has 0 saturated carbocycles. The topological polar surface area (TPSA) is 95.9 Å². The second kappa shape index (κ2) is 9.72. The van der Waals surface area contributed by atoms with Gasteiger partial charge in [0.1, 0.15) is 18.4 Å². The molecule has 1 unspecified atom stereocenters. The van der Waals surface area contributed by atoms with Crippen LogP contribution >= 0.6 is 11.3 Å². The lowest BCUT2D eigenvalue weighted by Gasteiger charge is -2.26. The summed E-state index contributed by atoms with van der Waals surface area (Å²) in [6.07, 6.45) is 0. The molecule has 7 nitrogen and oxygen atoms in total. The second-order valence-corrected chi connectivity index (χ2v) is 6.92. The Morgan fingerprint density at radius 3 is 2.67 bits per heavy atom. The Hall–Kier alpha value is -2.87. The van der Waals surface area contributed by atoms with Crippen LogP contribution in [-0.4, -0.2) is 46.9 Å². The predicted molar refractivity (Wildman–Crippen MR) is 102 cm³/mol. The van der Waals surface area contributed by atoms with Crippen LogP contribution in [0.3, 0.4) is 0 Å². The number of carbonyl (C=O) groups is 3. The maximum atomic E-state index is 12.8. The van der Waals surface area contributed by atoms with Crippen molar-refractivity contribution in [2.24, 2.45) is 0 Å². The molecule has 144 valence electrons. The average Bonchev–Trinajstić information content (AvgIpc) is 3.16. The molecule has 0 saturated heterocycles. The van der Waals surface area contributed by atoms with Crippen LogP contribution in [-0.2, 0) is 16.2 Å². The summed E-state index contributed by atoms with van der Waals surface area (Å²) in [6.45, 7) is 3.46. The fraction of sp³-hybridized carbons (Fsp3) is 0.316. The van der Waals surface area contributed by atoms with E-state index >= 15 is 0 Å². The van der Waals surface area contributed by atoms with Crippen LogP contribution in [0.25, 0.3) is 0 Å². The number of hydrogen-bond donors (Lipinski definition) is 2. The van der Waals surface area contributed by atoms with E-state index in [1.165, 1.54) is 18.7 Å². The van der Waals surface area contributed by atoms with Gasteiger partial charge in [-0.1, -0.05) is 12.1 Å². The van der Waals surface area contributed by atoms with Crippen LogP contribution < -0.4 is 10.1 Å². The third-order valence-corrected chi connectivity index (χ3v) is 4.70. The van der Waals surface area contributed by atoms with Gasteiger partial charge in [-0.25, -0.2) is 4.79 Å². The number of benzene rings is 1. The molecule has 27 heavy (non-hydrogen) atoms. The number of ether oxygens (including phenoxy) is 1. The van der Waals surface area contributed by atoms with Gasteiger partial charge in [-0.15, -0.1) is 11.3 Å². The summed E-state index contributed by atoms with van der Waals surface area (Å²) in [7, 11) is 0. The van der Waals surface area contributed by atoms with Crippen molar-refractivity contribution < 1.29 is 24.2 Å². The molecule has 0 aliphatic carbocycles. The van der Waals surface area contributed by atoms with E-state index in [1.807, 2.05) is 17.5 Å². The van der Waals surface area contributed by atoms with E-state index in [0.717, 1.165) is 4.88 Å². The van der Waals surface area contributed by atoms with Gasteiger partial charge in [-0.3, -0.25) is 9.59 Å². The Bertz CT molecular complexity index is 791. The van der Waals surface area contributed by atoms with Crippen LogP contribution in [0.15, 0.2) is 41.8 Å². The third-order valence-electron chi connectivity index (χ3n) is 3.85. The molecular weight excluding hydrogens is 368 g/mol. The molecule has 1 atom stereocenters. The smallest absolute Gasteiger partial charge is 0.326 e. The van der Waals surface area contributed by atoms with E-state index in [4.69, 9.17) is 4.74 Å². The highest BCUT2D eigenvalue weighted by molar-refractivity contribution is 7.09. The summed E-state index contributed by atoms with van der Waals surface area (Å²) < 4.78 is 5.71. The molecule has 2 N–H and O–H groups in total. The molecule has 1 aromatic carbocycles. The van der Waals surface area contributed by atoms with Gasteiger partial charge in [-0.05, 0) is 36.6 Å². The van der Waals surface area contributed by atoms with Gasteiger partial charge < -0.3 is 20.1 Å². The van der Waals surface area contributed by atoms with Crippen LogP contribution in [0.4, 0.5) is 0 Å². The summed E-state index contributed by atoms with van der Waals surface area (Å²) in [6, 6.07) is 9.50. The Morgan fingerprint density at radius 1 is 1.26 bits per heavy atom. The highest BCUT2D eigenvalue weighted by Gasteiger charge is 2.26. The number of carboxylic acid groups (broad SMARTS) is 1. The summed E-state index contributed by atoms with van der Waals surface area (Å²) in [5.74, 6) is -1.26. The van der Waals surface area contributed by atoms with Crippen molar-refractivity contribution >= 4 is 29.1 Å². The number of hydrogen-bond acceptors (Lipinski definition) is 5. The Balaban J connectivity index is 2.11. The van der Waals surface area contributed by atoms with Crippen molar-refractivity contribution in [3.8, 4) is 5.75 Å². The van der Waals surface area contributed by atoms with Crippen molar-refractivity contribution in [1.82, 2.24) is 10.2 Å². The molecular formula is C19H22N2O5S. The number of carbonyl (C=O) groups excluding carboxylic acids is 2. The van der Waals surface area contributed by atoms with Gasteiger partial charge in [0, 0.05) is 30.5 Å². The molecule has 0 spiro atoms. The number of aliphatic carboxylic acids is 1. The molecule has 0 aliphatic heterocycles. The van der Waals surface area contributed by atoms with Crippen molar-refractivity contribution in [2.45, 2.75) is 26.5 Å². The maximum absolute atomic E-state index is 12.8. The minimum absolute atomic E-state index is 0.0894. The van der Waals surface area contributed by atoms with Gasteiger partial charge in [0.15, 0.2) is 0 Å². The average molecular weight is 390 g/mol. The normalized spacial score (nSPS) is 11.5. The quantitative estimate of drug-likeness (QED) is 0.685. The zero-order valence-electron chi connectivity index (χ0n) is 15.2. The SMILES string of the molecule is CC(=O)NCCN(C(=O)c1cccc(OCc2cccs2)c1)C(C)C(=O)O. The summed E-state index contributed by atoms with van der Waals surface area (Å²) in [5, 5.41) is 13.8. The monoisotopic (exact) mass is 390 g/mol. The number of amides is 2. The van der Waals surface area contributed by atoms with E-state index in [1.54, 1.807) is 35.6 Å². The Labute approximate surface area is 161 Å². The van der Waals surface area contributed by atoms with Crippen LogP contribution in [0.1, 0.15) is 29.1 Å². The van der Waals surface area contributed by atoms with Crippen LogP contribution in [0, 0.1) is 0 Å². The van der Waals surface area contributed by atoms with E-state index in [0.29, 0.717) is 17.9 Å². The lowest BCUT2D eigenvalue weighted by atomic mass is 10.1. The van der Waals surface area contributed by atoms with Crippen molar-refractivity contribution in [1.29, 1.82) is 0 Å². The fourth-order valence-electron chi connectivity index (χ4n) is 2.39. The van der Waals surface area contributed by atoms with Gasteiger partial charge in [0.25, 0.3) is 5.91 Å². The van der Waals surface area contributed by atoms with Gasteiger partial charge in [-0.2, -0.15) is 0 Å². The molecule has 0 bridgehead atoms. The fourth-order valence-corrected chi connectivity index (χ4v) is 3.01. The first kappa shape index (κ1) is 20.4. The highest BCUT2D eigenvalue weighted by atomic mass is 32.1. The Morgan fingerprint density at radius 2 is 2.04 bits per heavy atom. The standard InChI is InChI=1S/C19H22N2O5S/c1-13(19(24)25)21(9-8-20-14(2)22)18(23)15-5-3-6-16(11-15)26-12-17-7-4-10-27-17/h3-7,10-11,13H,8-9,12H2,1-2H3,(H,20,22)(H,24,25). The first-order valence-corrected chi connectivity index (χ1v) is 9.30. The molecule has 0 aliphatic rings. The van der Waals surface area contributed by atoms with E-state index < -0.39 is 17.9 Å². The van der Waals surface area contributed by atoms with E-state index in [9.17, 15) is 19.5 Å². The van der Waals surface area contributed by atoms with Gasteiger partial charge in [0.05, 0.1) is 0 Å². The highest BCUT2D eigenvalue weighted by Crippen LogP contribution is 2.19. The maximum Gasteiger partial charge on any atom is 0.326 e. The first-order valence-electron chi connectivity index (χ1n) is 8.42. The number of rotatable bonds is 9. The van der Waals surface area contributed by atoms with Crippen molar-refractivity contribution in [3.63, 3.8) is 0 Å². The Kier molecular flexibility index (Phi) is 7.36. The molecule has 2 aromatic rings. The largest absolute Gasteiger partial charge is 0.488 e. The molecule has 2 amide bonds. The van der Waals surface area contributed by atoms with E-state index in [-0.39, 0.29) is 19.0 Å².